The van der Waals surface area contributed by atoms with Crippen molar-refractivity contribution in [1.29, 1.82) is 0 Å². The van der Waals surface area contributed by atoms with Gasteiger partial charge in [-0.2, -0.15) is 0 Å². The molecular weight excluding hydrogens is 244 g/mol. The van der Waals surface area contributed by atoms with Crippen molar-refractivity contribution in [2.45, 2.75) is 51.6 Å². The highest BCUT2D eigenvalue weighted by molar-refractivity contribution is 5.80. The van der Waals surface area contributed by atoms with Gasteiger partial charge in [-0.05, 0) is 50.9 Å². The van der Waals surface area contributed by atoms with Gasteiger partial charge < -0.3 is 10.4 Å². The highest BCUT2D eigenvalue weighted by Crippen LogP contribution is 2.49. The van der Waals surface area contributed by atoms with Crippen LogP contribution in [0.4, 0.5) is 0 Å². The average molecular weight is 268 g/mol. The van der Waals surface area contributed by atoms with E-state index in [1.165, 1.54) is 32.6 Å². The second-order valence-corrected chi connectivity index (χ2v) is 6.14. The molecule has 0 spiro atoms. The summed E-state index contributed by atoms with van der Waals surface area (Å²) in [7, 11) is 0. The first-order valence-electron chi connectivity index (χ1n) is 7.23. The van der Waals surface area contributed by atoms with Gasteiger partial charge in [0.05, 0.1) is 6.54 Å². The van der Waals surface area contributed by atoms with Crippen LogP contribution in [-0.4, -0.2) is 35.6 Å². The predicted molar refractivity (Wildman–Crippen MR) is 71.6 cm³/mol. The van der Waals surface area contributed by atoms with Crippen molar-refractivity contribution in [2.75, 3.05) is 6.54 Å². The first-order valence-corrected chi connectivity index (χ1v) is 7.23. The van der Waals surface area contributed by atoms with Gasteiger partial charge in [0.1, 0.15) is 6.04 Å². The molecule has 2 fully saturated rings. The summed E-state index contributed by atoms with van der Waals surface area (Å²) in [5.74, 6) is 1.22. The molecule has 5 heteroatoms. The quantitative estimate of drug-likeness (QED) is 0.671. The summed E-state index contributed by atoms with van der Waals surface area (Å²) >= 11 is 0. The van der Waals surface area contributed by atoms with Gasteiger partial charge in [0.2, 0.25) is 5.91 Å². The fourth-order valence-electron chi connectivity index (χ4n) is 3.65. The van der Waals surface area contributed by atoms with Gasteiger partial charge >= 0.3 is 5.97 Å². The highest BCUT2D eigenvalue weighted by atomic mass is 16.4. The molecule has 1 amide bonds. The minimum atomic E-state index is -0.936. The normalized spacial score (nSPS) is 32.0. The first kappa shape index (κ1) is 14.3. The van der Waals surface area contributed by atoms with Gasteiger partial charge in [-0.1, -0.05) is 6.42 Å². The standard InChI is InChI=1S/C14H24N2O3/c1-8(12-6-10-3-4-11(12)5-10)16-13(17)7-15-9(2)14(18)19/h8-12,15H,3-7H2,1-2H3,(H,16,17)(H,18,19)/t8?,9-,10?,11?,12?/m0/s1. The monoisotopic (exact) mass is 268 g/mol. The maximum Gasteiger partial charge on any atom is 0.320 e. The molecule has 5 nitrogen and oxygen atoms in total. The molecule has 2 rings (SSSR count). The van der Waals surface area contributed by atoms with Gasteiger partial charge in [0.25, 0.3) is 0 Å². The molecule has 2 aliphatic rings. The van der Waals surface area contributed by atoms with E-state index in [-0.39, 0.29) is 18.5 Å². The summed E-state index contributed by atoms with van der Waals surface area (Å²) in [6, 6.07) is -0.492. The Labute approximate surface area is 114 Å². The van der Waals surface area contributed by atoms with Crippen molar-refractivity contribution in [3.63, 3.8) is 0 Å². The number of fused-ring (bicyclic) bond motifs is 2. The molecule has 5 atom stereocenters. The van der Waals surface area contributed by atoms with Crippen LogP contribution in [-0.2, 0) is 9.59 Å². The third-order valence-electron chi connectivity index (χ3n) is 4.76. The molecule has 0 aromatic carbocycles. The number of amides is 1. The number of hydrogen-bond donors (Lipinski definition) is 3. The number of carboxylic acids is 1. The summed E-state index contributed by atoms with van der Waals surface area (Å²) in [6.07, 6.45) is 5.24. The summed E-state index contributed by atoms with van der Waals surface area (Å²) in [6.45, 7) is 3.68. The molecule has 3 N–H and O–H groups in total. The molecule has 4 unspecified atom stereocenters. The largest absolute Gasteiger partial charge is 0.480 e. The molecular formula is C14H24N2O3. The van der Waals surface area contributed by atoms with Crippen molar-refractivity contribution >= 4 is 11.9 Å². The molecule has 0 saturated heterocycles. The van der Waals surface area contributed by atoms with Gasteiger partial charge in [-0.15, -0.1) is 0 Å². The Kier molecular flexibility index (Phi) is 4.45. The lowest BCUT2D eigenvalue weighted by atomic mass is 9.84. The van der Waals surface area contributed by atoms with Crippen LogP contribution in [0.5, 0.6) is 0 Å². The molecule has 2 saturated carbocycles. The Balaban J connectivity index is 1.71. The zero-order valence-electron chi connectivity index (χ0n) is 11.7. The Morgan fingerprint density at radius 2 is 2.00 bits per heavy atom. The van der Waals surface area contributed by atoms with Crippen molar-refractivity contribution in [2.24, 2.45) is 17.8 Å². The number of rotatable bonds is 6. The zero-order valence-corrected chi connectivity index (χ0v) is 11.7. The van der Waals surface area contributed by atoms with Gasteiger partial charge in [-0.25, -0.2) is 0 Å². The van der Waals surface area contributed by atoms with E-state index in [4.69, 9.17) is 5.11 Å². The molecule has 0 radical (unpaired) electrons. The smallest absolute Gasteiger partial charge is 0.320 e. The maximum atomic E-state index is 11.8. The van der Waals surface area contributed by atoms with E-state index < -0.39 is 12.0 Å². The number of carbonyl (C=O) groups is 2. The summed E-state index contributed by atoms with van der Waals surface area (Å²) < 4.78 is 0. The molecule has 108 valence electrons. The number of carboxylic acid groups (broad SMARTS) is 1. The van der Waals surface area contributed by atoms with E-state index >= 15 is 0 Å². The second-order valence-electron chi connectivity index (χ2n) is 6.14. The molecule has 2 bridgehead atoms. The lowest BCUT2D eigenvalue weighted by Crippen LogP contribution is -2.46. The van der Waals surface area contributed by atoms with Crippen LogP contribution in [0.15, 0.2) is 0 Å². The molecule has 0 aromatic heterocycles. The van der Waals surface area contributed by atoms with Crippen LogP contribution >= 0.6 is 0 Å². The van der Waals surface area contributed by atoms with Gasteiger partial charge in [0.15, 0.2) is 0 Å². The first-order chi connectivity index (χ1) is 8.97. The Morgan fingerprint density at radius 3 is 2.53 bits per heavy atom. The van der Waals surface area contributed by atoms with E-state index in [0.717, 1.165) is 11.8 Å². The molecule has 0 aliphatic heterocycles. The van der Waals surface area contributed by atoms with E-state index in [0.29, 0.717) is 5.92 Å². The second kappa shape index (κ2) is 5.90. The predicted octanol–water partition coefficient (Wildman–Crippen LogP) is 0.990. The van der Waals surface area contributed by atoms with Crippen molar-refractivity contribution in [3.8, 4) is 0 Å². The van der Waals surface area contributed by atoms with Crippen molar-refractivity contribution in [1.82, 2.24) is 10.6 Å². The summed E-state index contributed by atoms with van der Waals surface area (Å²) in [5.41, 5.74) is 0. The van der Waals surface area contributed by atoms with Crippen LogP contribution in [0, 0.1) is 17.8 Å². The number of carbonyl (C=O) groups excluding carboxylic acids is 1. The van der Waals surface area contributed by atoms with Gasteiger partial charge in [-0.3, -0.25) is 14.9 Å². The molecule has 2 aliphatic carbocycles. The fraction of sp³-hybridized carbons (Fsp3) is 0.857. The number of hydrogen-bond acceptors (Lipinski definition) is 3. The van der Waals surface area contributed by atoms with E-state index in [1.54, 1.807) is 0 Å². The average Bonchev–Trinajstić information content (AvgIpc) is 2.97. The maximum absolute atomic E-state index is 11.8. The third-order valence-corrected chi connectivity index (χ3v) is 4.76. The van der Waals surface area contributed by atoms with E-state index in [9.17, 15) is 9.59 Å². The third kappa shape index (κ3) is 3.47. The Morgan fingerprint density at radius 1 is 1.26 bits per heavy atom. The molecule has 19 heavy (non-hydrogen) atoms. The molecule has 0 aromatic rings. The van der Waals surface area contributed by atoms with Crippen molar-refractivity contribution < 1.29 is 14.7 Å². The van der Waals surface area contributed by atoms with Crippen LogP contribution in [0.3, 0.4) is 0 Å². The fourth-order valence-corrected chi connectivity index (χ4v) is 3.65. The lowest BCUT2D eigenvalue weighted by molar-refractivity contribution is -0.139. The van der Waals surface area contributed by atoms with Crippen LogP contribution < -0.4 is 10.6 Å². The van der Waals surface area contributed by atoms with Gasteiger partial charge in [0, 0.05) is 6.04 Å². The number of nitrogens with one attached hydrogen (secondary N) is 2. The summed E-state index contributed by atoms with van der Waals surface area (Å²) in [5, 5.41) is 14.4. The van der Waals surface area contributed by atoms with Crippen LogP contribution in [0.1, 0.15) is 39.5 Å². The number of aliphatic carboxylic acids is 1. The SMILES string of the molecule is CC(NC(=O)CN[C@@H](C)C(=O)O)C1CC2CCC1C2. The van der Waals surface area contributed by atoms with E-state index in [2.05, 4.69) is 17.6 Å². The Bertz CT molecular complexity index is 359. The highest BCUT2D eigenvalue weighted by Gasteiger charge is 2.42. The van der Waals surface area contributed by atoms with Crippen molar-refractivity contribution in [3.05, 3.63) is 0 Å². The molecule has 0 heterocycles. The van der Waals surface area contributed by atoms with Crippen LogP contribution in [0.25, 0.3) is 0 Å². The Hall–Kier alpha value is -1.10. The lowest BCUT2D eigenvalue weighted by Gasteiger charge is -2.28. The minimum absolute atomic E-state index is 0.0681. The zero-order chi connectivity index (χ0) is 14.0. The topological polar surface area (TPSA) is 78.4 Å². The van der Waals surface area contributed by atoms with Crippen LogP contribution in [0.2, 0.25) is 0 Å². The van der Waals surface area contributed by atoms with E-state index in [1.807, 2.05) is 0 Å². The minimum Gasteiger partial charge on any atom is -0.480 e. The summed E-state index contributed by atoms with van der Waals surface area (Å²) in [4.78, 5) is 22.4.